The number of tetrazole rings is 1. The SMILES string of the molecule is Cn1nnnc1SCC1=C(C(=O)[O-])N2C(=O)[C@@H](NC(=O)[C@H](OC=O)c3ccccc3)C2SC1.O.O.O.O.O.[Na+]. The number of aromatic nitrogens is 4. The summed E-state index contributed by atoms with van der Waals surface area (Å²) in [5.74, 6) is -2.17. The van der Waals surface area contributed by atoms with Gasteiger partial charge in [-0.2, -0.15) is 0 Å². The van der Waals surface area contributed by atoms with Gasteiger partial charge in [0.25, 0.3) is 18.3 Å². The predicted molar refractivity (Wildman–Crippen MR) is 131 cm³/mol. The van der Waals surface area contributed by atoms with Crippen LogP contribution >= 0.6 is 23.5 Å². The van der Waals surface area contributed by atoms with Gasteiger partial charge in [-0.1, -0.05) is 42.1 Å². The molecule has 0 bridgehead atoms. The number of carboxylic acid groups (broad SMARTS) is 1. The number of nitrogens with zero attached hydrogens (tertiary/aromatic N) is 5. The maximum Gasteiger partial charge on any atom is 1.00 e. The number of amides is 2. The van der Waals surface area contributed by atoms with Crippen LogP contribution in [0.25, 0.3) is 0 Å². The first-order chi connectivity index (χ1) is 15.9. The van der Waals surface area contributed by atoms with Gasteiger partial charge in [0, 0.05) is 24.1 Å². The number of ether oxygens (including phenoxy) is 1. The van der Waals surface area contributed by atoms with Gasteiger partial charge in [0.1, 0.15) is 11.4 Å². The first-order valence-electron chi connectivity index (χ1n) is 9.60. The van der Waals surface area contributed by atoms with Crippen LogP contribution in [0.2, 0.25) is 0 Å². The molecule has 3 heterocycles. The fourth-order valence-electron chi connectivity index (χ4n) is 3.48. The van der Waals surface area contributed by atoms with Crippen molar-refractivity contribution in [2.45, 2.75) is 22.7 Å². The van der Waals surface area contributed by atoms with Crippen molar-refractivity contribution in [1.82, 2.24) is 30.4 Å². The summed E-state index contributed by atoms with van der Waals surface area (Å²) >= 11 is 2.55. The van der Waals surface area contributed by atoms with Crippen molar-refractivity contribution in [1.29, 1.82) is 0 Å². The number of fused-ring (bicyclic) bond motifs is 1. The third-order valence-electron chi connectivity index (χ3n) is 5.03. The molecule has 1 saturated heterocycles. The summed E-state index contributed by atoms with van der Waals surface area (Å²) < 4.78 is 6.38. The Morgan fingerprint density at radius 3 is 2.41 bits per heavy atom. The molecule has 1 aromatic heterocycles. The molecule has 11 N–H and O–H groups in total. The fourth-order valence-corrected chi connectivity index (χ4v) is 5.82. The number of rotatable bonds is 9. The number of benzene rings is 1. The summed E-state index contributed by atoms with van der Waals surface area (Å²) in [4.78, 5) is 49.5. The third kappa shape index (κ3) is 8.45. The van der Waals surface area contributed by atoms with Gasteiger partial charge in [-0.25, -0.2) is 4.68 Å². The van der Waals surface area contributed by atoms with Crippen LogP contribution in [0.4, 0.5) is 0 Å². The van der Waals surface area contributed by atoms with E-state index in [-0.39, 0.29) is 74.9 Å². The van der Waals surface area contributed by atoms with Crippen LogP contribution in [0.5, 0.6) is 0 Å². The number of hydrogen-bond donors (Lipinski definition) is 1. The Bertz CT molecular complexity index is 1140. The maximum atomic E-state index is 12.8. The van der Waals surface area contributed by atoms with Gasteiger partial charge in [-0.05, 0) is 16.0 Å². The van der Waals surface area contributed by atoms with Gasteiger partial charge in [0.2, 0.25) is 11.3 Å². The van der Waals surface area contributed by atoms with E-state index in [4.69, 9.17) is 4.74 Å². The van der Waals surface area contributed by atoms with Crippen LogP contribution in [0, 0.1) is 0 Å². The molecule has 1 aromatic carbocycles. The summed E-state index contributed by atoms with van der Waals surface area (Å²) in [6.07, 6.45) is -1.23. The molecule has 20 heteroatoms. The number of carbonyl (C=O) groups is 4. The van der Waals surface area contributed by atoms with Crippen LogP contribution < -0.4 is 40.0 Å². The summed E-state index contributed by atoms with van der Waals surface area (Å²) in [5, 5.41) is 25.4. The zero-order valence-corrected chi connectivity index (χ0v) is 24.2. The topological polar surface area (TPSA) is 317 Å². The van der Waals surface area contributed by atoms with Crippen LogP contribution in [-0.4, -0.2) is 99.7 Å². The second kappa shape index (κ2) is 17.9. The van der Waals surface area contributed by atoms with Crippen molar-refractivity contribution in [2.75, 3.05) is 11.5 Å². The number of hydrogen-bond acceptors (Lipinski definition) is 11. The number of nitrogens with one attached hydrogen (secondary N) is 1. The zero-order valence-electron chi connectivity index (χ0n) is 20.6. The van der Waals surface area contributed by atoms with E-state index >= 15 is 0 Å². The van der Waals surface area contributed by atoms with Gasteiger partial charge >= 0.3 is 29.6 Å². The molecule has 17 nitrogen and oxygen atoms in total. The molecular formula is C19H27N6NaO11S2. The molecule has 0 spiro atoms. The Morgan fingerprint density at radius 1 is 1.23 bits per heavy atom. The average molecular weight is 603 g/mol. The van der Waals surface area contributed by atoms with E-state index in [1.807, 2.05) is 0 Å². The monoisotopic (exact) mass is 602 g/mol. The minimum Gasteiger partial charge on any atom is -0.543 e. The maximum absolute atomic E-state index is 12.8. The number of thioether (sulfide) groups is 2. The first-order valence-corrected chi connectivity index (χ1v) is 11.6. The minimum atomic E-state index is -1.48. The van der Waals surface area contributed by atoms with Crippen molar-refractivity contribution >= 4 is 47.8 Å². The Labute approximate surface area is 251 Å². The minimum absolute atomic E-state index is 0. The Morgan fingerprint density at radius 2 is 1.87 bits per heavy atom. The molecule has 1 fully saturated rings. The van der Waals surface area contributed by atoms with E-state index < -0.39 is 35.3 Å². The second-order valence-corrected chi connectivity index (χ2v) is 9.08. The molecule has 0 saturated carbocycles. The summed E-state index contributed by atoms with van der Waals surface area (Å²) in [6, 6.07) is 7.39. The molecule has 4 rings (SSSR count). The molecule has 212 valence electrons. The van der Waals surface area contributed by atoms with Crippen molar-refractivity contribution < 1.29 is 86.0 Å². The Balaban J connectivity index is -0.00000216. The van der Waals surface area contributed by atoms with Crippen LogP contribution in [-0.2, 0) is 31.0 Å². The van der Waals surface area contributed by atoms with Gasteiger partial charge in [-0.15, -0.1) is 16.9 Å². The number of β-lactam (4-membered cyclic amide) rings is 1. The van der Waals surface area contributed by atoms with E-state index in [1.165, 1.54) is 28.2 Å². The largest absolute Gasteiger partial charge is 1.00 e. The molecule has 2 amide bonds. The third-order valence-corrected chi connectivity index (χ3v) is 7.46. The van der Waals surface area contributed by atoms with Crippen LogP contribution in [0.3, 0.4) is 0 Å². The first kappa shape index (κ1) is 40.9. The van der Waals surface area contributed by atoms with Crippen molar-refractivity contribution in [3.8, 4) is 0 Å². The molecular weight excluding hydrogens is 575 g/mol. The number of carboxylic acids is 1. The second-order valence-electron chi connectivity index (χ2n) is 7.03. The number of aliphatic carboxylic acids is 1. The molecule has 2 aliphatic rings. The molecule has 0 aliphatic carbocycles. The van der Waals surface area contributed by atoms with Crippen molar-refractivity contribution in [3.63, 3.8) is 0 Å². The summed E-state index contributed by atoms with van der Waals surface area (Å²) in [5.41, 5.74) is 0.726. The molecule has 2 aliphatic heterocycles. The average Bonchev–Trinajstić information content (AvgIpc) is 3.23. The fraction of sp³-hybridized carbons (Fsp3) is 0.316. The Kier molecular flexibility index (Phi) is 18.8. The molecule has 3 atom stereocenters. The number of aryl methyl sites for hydroxylation is 1. The van der Waals surface area contributed by atoms with E-state index in [0.717, 1.165) is 4.90 Å². The summed E-state index contributed by atoms with van der Waals surface area (Å²) in [7, 11) is 1.66. The molecule has 39 heavy (non-hydrogen) atoms. The van der Waals surface area contributed by atoms with E-state index in [1.54, 1.807) is 37.4 Å². The predicted octanol–water partition coefficient (Wildman–Crippen LogP) is -8.50. The van der Waals surface area contributed by atoms with Crippen LogP contribution in [0.15, 0.2) is 46.8 Å². The van der Waals surface area contributed by atoms with E-state index in [0.29, 0.717) is 22.0 Å². The summed E-state index contributed by atoms with van der Waals surface area (Å²) in [6.45, 7) is 0.162. The van der Waals surface area contributed by atoms with Crippen LogP contribution in [0.1, 0.15) is 11.7 Å². The van der Waals surface area contributed by atoms with Gasteiger partial charge < -0.3 is 47.3 Å². The van der Waals surface area contributed by atoms with Gasteiger partial charge in [0.15, 0.2) is 0 Å². The molecule has 0 radical (unpaired) electrons. The van der Waals surface area contributed by atoms with Gasteiger partial charge in [-0.3, -0.25) is 19.3 Å². The molecule has 2 aromatic rings. The molecule has 1 unspecified atom stereocenters. The zero-order chi connectivity index (χ0) is 23.5. The smallest absolute Gasteiger partial charge is 0.543 e. The van der Waals surface area contributed by atoms with E-state index in [9.17, 15) is 24.3 Å². The van der Waals surface area contributed by atoms with Crippen molar-refractivity contribution in [3.05, 3.63) is 47.2 Å². The Hall–Kier alpha value is -2.59. The normalized spacial score (nSPS) is 17.4. The van der Waals surface area contributed by atoms with E-state index in [2.05, 4.69) is 20.8 Å². The standard InChI is InChI=1S/C19H18N6O6S2.Na.5H2O/c1-24-19(21-22-23-24)33-8-11-7-32-17-12(16(28)25(17)13(11)18(29)30)20-15(27)14(31-9-26)10-5-3-2-4-6-10;;;;;;/h2-6,9,12,14,17H,7-8H2,1H3,(H,20,27)(H,29,30);;5*1H2/q;+1;;;;;/p-1/t12-,14-,17?;;;;;;/m1....../s1. The number of carbonyl (C=O) groups excluding carboxylic acids is 4. The quantitative estimate of drug-likeness (QED) is 0.121. The van der Waals surface area contributed by atoms with Gasteiger partial charge in [0.05, 0.1) is 11.7 Å². The van der Waals surface area contributed by atoms with Crippen molar-refractivity contribution in [2.24, 2.45) is 7.05 Å².